The SMILES string of the molecule is CCN(C(C)CN(C)C)C(CNC(C)(C)C)COC. The lowest BCUT2D eigenvalue weighted by Crippen LogP contribution is -2.54. The summed E-state index contributed by atoms with van der Waals surface area (Å²) in [5, 5.41) is 3.59. The van der Waals surface area contributed by atoms with Gasteiger partial charge in [0.15, 0.2) is 0 Å². The van der Waals surface area contributed by atoms with Crippen LogP contribution in [0.4, 0.5) is 0 Å². The number of rotatable bonds is 9. The van der Waals surface area contributed by atoms with Crippen LogP contribution in [0, 0.1) is 0 Å². The second kappa shape index (κ2) is 8.90. The number of hydrogen-bond donors (Lipinski definition) is 1. The highest BCUT2D eigenvalue weighted by Gasteiger charge is 2.24. The fourth-order valence-electron chi connectivity index (χ4n) is 2.45. The molecule has 2 unspecified atom stereocenters. The first kappa shape index (κ1) is 18.8. The molecule has 0 aromatic carbocycles. The van der Waals surface area contributed by atoms with Gasteiger partial charge in [0.2, 0.25) is 0 Å². The van der Waals surface area contributed by atoms with Crippen LogP contribution in [0.1, 0.15) is 34.6 Å². The van der Waals surface area contributed by atoms with Crippen molar-refractivity contribution in [1.29, 1.82) is 0 Å². The molecule has 0 aromatic rings. The Morgan fingerprint density at radius 2 is 1.79 bits per heavy atom. The Morgan fingerprint density at radius 1 is 1.21 bits per heavy atom. The maximum absolute atomic E-state index is 5.41. The summed E-state index contributed by atoms with van der Waals surface area (Å²) in [6.07, 6.45) is 0. The van der Waals surface area contributed by atoms with Crippen LogP contribution < -0.4 is 5.32 Å². The first-order valence-electron chi connectivity index (χ1n) is 7.35. The third-order valence-electron chi connectivity index (χ3n) is 3.26. The van der Waals surface area contributed by atoms with E-state index in [1.54, 1.807) is 7.11 Å². The first-order chi connectivity index (χ1) is 8.71. The quantitative estimate of drug-likeness (QED) is 0.691. The van der Waals surface area contributed by atoms with Gasteiger partial charge in [0.05, 0.1) is 6.61 Å². The van der Waals surface area contributed by atoms with E-state index in [0.29, 0.717) is 12.1 Å². The molecule has 0 bridgehead atoms. The Balaban J connectivity index is 4.60. The molecule has 0 saturated heterocycles. The van der Waals surface area contributed by atoms with Gasteiger partial charge in [0.25, 0.3) is 0 Å². The summed E-state index contributed by atoms with van der Waals surface area (Å²) in [4.78, 5) is 4.77. The molecule has 4 nitrogen and oxygen atoms in total. The van der Waals surface area contributed by atoms with Crippen molar-refractivity contribution in [2.45, 2.75) is 52.2 Å². The van der Waals surface area contributed by atoms with E-state index in [1.165, 1.54) is 0 Å². The fourth-order valence-corrected chi connectivity index (χ4v) is 2.45. The third kappa shape index (κ3) is 8.58. The van der Waals surface area contributed by atoms with Gasteiger partial charge in [0, 0.05) is 37.8 Å². The minimum atomic E-state index is 0.149. The molecular weight excluding hydrogens is 238 g/mol. The Bertz CT molecular complexity index is 226. The number of nitrogens with zero attached hydrogens (tertiary/aromatic N) is 2. The first-order valence-corrected chi connectivity index (χ1v) is 7.35. The molecule has 0 fully saturated rings. The topological polar surface area (TPSA) is 27.7 Å². The van der Waals surface area contributed by atoms with Crippen LogP contribution in [0.15, 0.2) is 0 Å². The van der Waals surface area contributed by atoms with Crippen molar-refractivity contribution in [3.8, 4) is 0 Å². The summed E-state index contributed by atoms with van der Waals surface area (Å²) in [6, 6.07) is 0.950. The molecule has 0 aromatic heterocycles. The average molecular weight is 273 g/mol. The van der Waals surface area contributed by atoms with Crippen LogP contribution in [0.25, 0.3) is 0 Å². The Morgan fingerprint density at radius 3 is 2.16 bits per heavy atom. The normalized spacial score (nSPS) is 16.1. The molecule has 19 heavy (non-hydrogen) atoms. The number of ether oxygens (including phenoxy) is 1. The van der Waals surface area contributed by atoms with Gasteiger partial charge in [-0.25, -0.2) is 0 Å². The second-order valence-corrected chi connectivity index (χ2v) is 6.68. The van der Waals surface area contributed by atoms with Crippen molar-refractivity contribution >= 4 is 0 Å². The summed E-state index contributed by atoms with van der Waals surface area (Å²) in [7, 11) is 6.04. The van der Waals surface area contributed by atoms with Crippen LogP contribution >= 0.6 is 0 Å². The van der Waals surface area contributed by atoms with Crippen LogP contribution in [0.5, 0.6) is 0 Å². The second-order valence-electron chi connectivity index (χ2n) is 6.68. The van der Waals surface area contributed by atoms with Crippen molar-refractivity contribution in [3.05, 3.63) is 0 Å². The van der Waals surface area contributed by atoms with Crippen LogP contribution in [-0.2, 0) is 4.74 Å². The van der Waals surface area contributed by atoms with E-state index in [9.17, 15) is 0 Å². The van der Waals surface area contributed by atoms with Crippen molar-refractivity contribution in [1.82, 2.24) is 15.1 Å². The molecule has 4 heteroatoms. The summed E-state index contributed by atoms with van der Waals surface area (Å²) in [6.45, 7) is 15.0. The van der Waals surface area contributed by atoms with E-state index < -0.39 is 0 Å². The molecule has 116 valence electrons. The highest BCUT2D eigenvalue weighted by atomic mass is 16.5. The minimum absolute atomic E-state index is 0.149. The lowest BCUT2D eigenvalue weighted by atomic mass is 10.1. The molecule has 0 amide bonds. The largest absolute Gasteiger partial charge is 0.383 e. The van der Waals surface area contributed by atoms with E-state index in [2.05, 4.69) is 63.8 Å². The molecule has 0 radical (unpaired) electrons. The van der Waals surface area contributed by atoms with E-state index >= 15 is 0 Å². The minimum Gasteiger partial charge on any atom is -0.383 e. The number of hydrogen-bond acceptors (Lipinski definition) is 4. The number of methoxy groups -OCH3 is 1. The van der Waals surface area contributed by atoms with E-state index in [0.717, 1.165) is 26.2 Å². The predicted octanol–water partition coefficient (Wildman–Crippen LogP) is 1.66. The monoisotopic (exact) mass is 273 g/mol. The van der Waals surface area contributed by atoms with Gasteiger partial charge in [-0.2, -0.15) is 0 Å². The van der Waals surface area contributed by atoms with Gasteiger partial charge >= 0.3 is 0 Å². The van der Waals surface area contributed by atoms with Gasteiger partial charge < -0.3 is 15.0 Å². The molecule has 0 rings (SSSR count). The maximum atomic E-state index is 5.41. The molecule has 0 heterocycles. The highest BCUT2D eigenvalue weighted by Crippen LogP contribution is 2.09. The van der Waals surface area contributed by atoms with Crippen molar-refractivity contribution in [3.63, 3.8) is 0 Å². The lowest BCUT2D eigenvalue weighted by molar-refractivity contribution is 0.0570. The van der Waals surface area contributed by atoms with Gasteiger partial charge in [-0.15, -0.1) is 0 Å². The van der Waals surface area contributed by atoms with Crippen molar-refractivity contribution in [2.75, 3.05) is 47.4 Å². The molecule has 0 spiro atoms. The Kier molecular flexibility index (Phi) is 8.83. The zero-order chi connectivity index (χ0) is 15.1. The molecular formula is C15H35N3O. The average Bonchev–Trinajstić information content (AvgIpc) is 2.24. The number of likely N-dealkylation sites (N-methyl/N-ethyl adjacent to an activating group) is 2. The highest BCUT2D eigenvalue weighted by molar-refractivity contribution is 4.82. The molecule has 0 saturated carbocycles. The Hall–Kier alpha value is -0.160. The summed E-state index contributed by atoms with van der Waals surface area (Å²) < 4.78 is 5.41. The third-order valence-corrected chi connectivity index (χ3v) is 3.26. The van der Waals surface area contributed by atoms with Crippen LogP contribution in [0.2, 0.25) is 0 Å². The van der Waals surface area contributed by atoms with Gasteiger partial charge in [-0.3, -0.25) is 4.90 Å². The lowest BCUT2D eigenvalue weighted by Gasteiger charge is -2.38. The molecule has 0 aliphatic carbocycles. The molecule has 0 aliphatic heterocycles. The van der Waals surface area contributed by atoms with Crippen LogP contribution in [0.3, 0.4) is 0 Å². The molecule has 1 N–H and O–H groups in total. The summed E-state index contributed by atoms with van der Waals surface area (Å²) >= 11 is 0. The van der Waals surface area contributed by atoms with E-state index in [1.807, 2.05) is 0 Å². The van der Waals surface area contributed by atoms with Crippen molar-refractivity contribution < 1.29 is 4.74 Å². The zero-order valence-corrected chi connectivity index (χ0v) is 14.3. The fraction of sp³-hybridized carbons (Fsp3) is 1.00. The van der Waals surface area contributed by atoms with Gasteiger partial charge in [-0.05, 0) is 48.3 Å². The van der Waals surface area contributed by atoms with Gasteiger partial charge in [0.1, 0.15) is 0 Å². The molecule has 0 aliphatic rings. The maximum Gasteiger partial charge on any atom is 0.0630 e. The van der Waals surface area contributed by atoms with E-state index in [-0.39, 0.29) is 5.54 Å². The van der Waals surface area contributed by atoms with E-state index in [4.69, 9.17) is 4.74 Å². The smallest absolute Gasteiger partial charge is 0.0630 e. The van der Waals surface area contributed by atoms with Gasteiger partial charge in [-0.1, -0.05) is 6.92 Å². The molecule has 2 atom stereocenters. The van der Waals surface area contributed by atoms with Crippen molar-refractivity contribution in [2.24, 2.45) is 0 Å². The predicted molar refractivity (Wildman–Crippen MR) is 83.8 cm³/mol. The number of nitrogens with one attached hydrogen (secondary N) is 1. The zero-order valence-electron chi connectivity index (χ0n) is 14.3. The van der Waals surface area contributed by atoms with Crippen LogP contribution in [-0.4, -0.2) is 74.9 Å². The standard InChI is InChI=1S/C15H35N3O/c1-9-18(13(2)11-17(6)7)14(12-19-8)10-16-15(3,4)5/h13-14,16H,9-12H2,1-8H3. The summed E-state index contributed by atoms with van der Waals surface area (Å²) in [5.41, 5.74) is 0.149. The summed E-state index contributed by atoms with van der Waals surface area (Å²) in [5.74, 6) is 0. The Labute approximate surface area is 120 Å².